The number of carbonyl (C=O) groups excluding carboxylic acids is 1. The topological polar surface area (TPSA) is 108 Å². The molecule has 2 fully saturated rings. The Morgan fingerprint density at radius 2 is 2.12 bits per heavy atom. The van der Waals surface area contributed by atoms with Crippen LogP contribution in [0.5, 0.6) is 5.88 Å². The third-order valence-electron chi connectivity index (χ3n) is 5.97. The van der Waals surface area contributed by atoms with Gasteiger partial charge in [-0.3, -0.25) is 0 Å². The molecule has 33 heavy (non-hydrogen) atoms. The Labute approximate surface area is 199 Å². The summed E-state index contributed by atoms with van der Waals surface area (Å²) in [5.41, 5.74) is 1.68. The summed E-state index contributed by atoms with van der Waals surface area (Å²) in [4.78, 5) is 25.6. The number of carbonyl (C=O) groups is 1. The van der Waals surface area contributed by atoms with Gasteiger partial charge in [-0.25, -0.2) is 9.78 Å². The minimum atomic E-state index is -0.0958. The number of urea groups is 1. The minimum Gasteiger partial charge on any atom is -0.493 e. The van der Waals surface area contributed by atoms with Gasteiger partial charge in [-0.1, -0.05) is 33.2 Å². The van der Waals surface area contributed by atoms with Crippen molar-refractivity contribution in [1.29, 1.82) is 0 Å². The highest BCUT2D eigenvalue weighted by Crippen LogP contribution is 2.32. The van der Waals surface area contributed by atoms with Crippen LogP contribution in [0, 0.1) is 0 Å². The van der Waals surface area contributed by atoms with E-state index in [2.05, 4.69) is 36.4 Å². The van der Waals surface area contributed by atoms with E-state index in [9.17, 15) is 9.90 Å². The molecule has 0 radical (unpaired) electrons. The summed E-state index contributed by atoms with van der Waals surface area (Å²) in [6, 6.07) is 11.4. The molecule has 3 heterocycles. The highest BCUT2D eigenvalue weighted by atomic mass is 79.9. The first kappa shape index (κ1) is 21.7. The van der Waals surface area contributed by atoms with Gasteiger partial charge in [0.05, 0.1) is 12.6 Å². The number of hydrogen-bond donors (Lipinski definition) is 2. The van der Waals surface area contributed by atoms with Crippen molar-refractivity contribution in [2.75, 3.05) is 18.0 Å². The predicted molar refractivity (Wildman–Crippen MR) is 126 cm³/mol. The van der Waals surface area contributed by atoms with E-state index in [-0.39, 0.29) is 30.5 Å². The Hall–Kier alpha value is -3.14. The number of rotatable bonds is 6. The molecule has 1 saturated carbocycles. The molecule has 0 unspecified atom stereocenters. The molecular formula is C23H25BrN6O3. The molecule has 172 valence electrons. The lowest BCUT2D eigenvalue weighted by Crippen LogP contribution is -2.54. The maximum Gasteiger partial charge on any atom is 0.318 e. The molecule has 1 aliphatic carbocycles. The van der Waals surface area contributed by atoms with Crippen LogP contribution in [0.2, 0.25) is 0 Å². The van der Waals surface area contributed by atoms with Crippen LogP contribution >= 0.6 is 15.9 Å². The second-order valence-corrected chi connectivity index (χ2v) is 9.36. The number of halogens is 1. The fourth-order valence-corrected chi connectivity index (χ4v) is 4.67. The van der Waals surface area contributed by atoms with Crippen molar-refractivity contribution >= 4 is 27.9 Å². The van der Waals surface area contributed by atoms with Gasteiger partial charge < -0.3 is 24.7 Å². The summed E-state index contributed by atoms with van der Waals surface area (Å²) in [6.07, 6.45) is 5.43. The maximum atomic E-state index is 13.2. The number of anilines is 1. The van der Waals surface area contributed by atoms with E-state index in [1.807, 2.05) is 40.1 Å². The van der Waals surface area contributed by atoms with Gasteiger partial charge in [0.2, 0.25) is 11.8 Å². The molecule has 10 heteroatoms. The van der Waals surface area contributed by atoms with Crippen LogP contribution in [0.25, 0.3) is 11.3 Å². The molecule has 2 N–H and O–H groups in total. The van der Waals surface area contributed by atoms with Gasteiger partial charge in [-0.15, -0.1) is 0 Å². The van der Waals surface area contributed by atoms with Crippen molar-refractivity contribution in [3.8, 4) is 17.1 Å². The number of hydrogen-bond acceptors (Lipinski definition) is 7. The molecule has 3 aromatic rings. The highest BCUT2D eigenvalue weighted by Gasteiger charge is 2.39. The lowest BCUT2D eigenvalue weighted by molar-refractivity contribution is 0.159. The Morgan fingerprint density at radius 3 is 2.91 bits per heavy atom. The van der Waals surface area contributed by atoms with Crippen molar-refractivity contribution < 1.29 is 14.4 Å². The second-order valence-electron chi connectivity index (χ2n) is 8.44. The van der Waals surface area contributed by atoms with Crippen molar-refractivity contribution in [2.24, 2.45) is 0 Å². The van der Waals surface area contributed by atoms with Gasteiger partial charge in [0, 0.05) is 47.5 Å². The van der Waals surface area contributed by atoms with E-state index in [0.717, 1.165) is 48.0 Å². The Kier molecular flexibility index (Phi) is 6.17. The number of aromatic nitrogens is 3. The first-order valence-electron chi connectivity index (χ1n) is 11.1. The van der Waals surface area contributed by atoms with Gasteiger partial charge >= 0.3 is 6.03 Å². The first-order chi connectivity index (χ1) is 16.1. The SMILES string of the molecule is O=C(NCc1cc(-c2cccc(Br)c2)no1)N(C1CC1)[C@@H]1CCCN(c2nccc(O)n2)C1. The van der Waals surface area contributed by atoms with E-state index in [4.69, 9.17) is 4.52 Å². The number of aromatic hydroxyl groups is 1. The summed E-state index contributed by atoms with van der Waals surface area (Å²) >= 11 is 3.47. The van der Waals surface area contributed by atoms with E-state index in [0.29, 0.717) is 18.3 Å². The lowest BCUT2D eigenvalue weighted by atomic mass is 10.0. The lowest BCUT2D eigenvalue weighted by Gasteiger charge is -2.39. The number of nitrogens with one attached hydrogen (secondary N) is 1. The highest BCUT2D eigenvalue weighted by molar-refractivity contribution is 9.10. The monoisotopic (exact) mass is 512 g/mol. The molecule has 9 nitrogen and oxygen atoms in total. The van der Waals surface area contributed by atoms with Crippen molar-refractivity contribution in [2.45, 2.75) is 44.3 Å². The van der Waals surface area contributed by atoms with Crippen LogP contribution in [0.1, 0.15) is 31.4 Å². The summed E-state index contributed by atoms with van der Waals surface area (Å²) < 4.78 is 6.42. The first-order valence-corrected chi connectivity index (χ1v) is 11.9. The van der Waals surface area contributed by atoms with Crippen LogP contribution in [0.15, 0.2) is 51.6 Å². The van der Waals surface area contributed by atoms with Crippen LogP contribution in [-0.2, 0) is 6.54 Å². The number of piperidine rings is 1. The average Bonchev–Trinajstić information content (AvgIpc) is 3.53. The van der Waals surface area contributed by atoms with E-state index in [1.165, 1.54) is 6.07 Å². The quantitative estimate of drug-likeness (QED) is 0.514. The largest absolute Gasteiger partial charge is 0.493 e. The van der Waals surface area contributed by atoms with Crippen LogP contribution < -0.4 is 10.2 Å². The minimum absolute atomic E-state index is 0.0480. The number of nitrogens with zero attached hydrogens (tertiary/aromatic N) is 5. The van der Waals surface area contributed by atoms with Crippen LogP contribution in [-0.4, -0.2) is 56.3 Å². The summed E-state index contributed by atoms with van der Waals surface area (Å²) in [7, 11) is 0. The summed E-state index contributed by atoms with van der Waals surface area (Å²) in [5, 5.41) is 16.9. The van der Waals surface area contributed by atoms with Crippen molar-refractivity contribution in [3.63, 3.8) is 0 Å². The maximum absolute atomic E-state index is 13.2. The molecule has 1 aromatic carbocycles. The molecule has 2 amide bonds. The number of amides is 2. The summed E-state index contributed by atoms with van der Waals surface area (Å²) in [6.45, 7) is 1.72. The van der Waals surface area contributed by atoms with Gasteiger partial charge in [0.1, 0.15) is 5.69 Å². The molecule has 2 aromatic heterocycles. The molecule has 5 rings (SSSR count). The molecule has 1 atom stereocenters. The van der Waals surface area contributed by atoms with Gasteiger partial charge in [0.15, 0.2) is 5.76 Å². The zero-order valence-corrected chi connectivity index (χ0v) is 19.6. The normalized spacial score (nSPS) is 18.2. The van der Waals surface area contributed by atoms with Gasteiger partial charge in [-0.2, -0.15) is 4.98 Å². The molecule has 2 aliphatic rings. The third kappa shape index (κ3) is 5.11. The van der Waals surface area contributed by atoms with Gasteiger partial charge in [0.25, 0.3) is 0 Å². The van der Waals surface area contributed by atoms with Crippen LogP contribution in [0.3, 0.4) is 0 Å². The van der Waals surface area contributed by atoms with E-state index < -0.39 is 0 Å². The zero-order valence-electron chi connectivity index (χ0n) is 18.0. The second kappa shape index (κ2) is 9.38. The van der Waals surface area contributed by atoms with Crippen molar-refractivity contribution in [1.82, 2.24) is 25.3 Å². The van der Waals surface area contributed by atoms with E-state index >= 15 is 0 Å². The smallest absolute Gasteiger partial charge is 0.318 e. The molecular weight excluding hydrogens is 488 g/mol. The molecule has 0 bridgehead atoms. The number of benzene rings is 1. The predicted octanol–water partition coefficient (Wildman–Crippen LogP) is 3.94. The van der Waals surface area contributed by atoms with Crippen LogP contribution in [0.4, 0.5) is 10.7 Å². The van der Waals surface area contributed by atoms with Gasteiger partial charge in [-0.05, 0) is 37.8 Å². The molecule has 1 aliphatic heterocycles. The fraction of sp³-hybridized carbons (Fsp3) is 0.391. The Bertz CT molecular complexity index is 1130. The van der Waals surface area contributed by atoms with E-state index in [1.54, 1.807) is 6.20 Å². The van der Waals surface area contributed by atoms with Crippen molar-refractivity contribution in [3.05, 3.63) is 52.8 Å². The Morgan fingerprint density at radius 1 is 1.24 bits per heavy atom. The molecule has 0 spiro atoms. The Balaban J connectivity index is 1.23. The fourth-order valence-electron chi connectivity index (χ4n) is 4.27. The molecule has 1 saturated heterocycles. The third-order valence-corrected chi connectivity index (χ3v) is 6.46. The standard InChI is InChI=1S/C23H25BrN6O3/c24-16-4-1-3-15(11-16)20-12-19(33-28-20)13-26-23(32)30(17-6-7-17)18-5-2-10-29(14-18)22-25-9-8-21(31)27-22/h1,3-4,8-9,11-12,17-18H,2,5-7,10,13-14H2,(H,26,32)(H,25,27,31)/t18-/m1/s1. The summed E-state index contributed by atoms with van der Waals surface area (Å²) in [5.74, 6) is 1.05. The average molecular weight is 513 g/mol. The zero-order chi connectivity index (χ0) is 22.8.